The number of aliphatic hydroxyl groups excluding tert-OH is 1. The third kappa shape index (κ3) is 1.45. The predicted octanol–water partition coefficient (Wildman–Crippen LogP) is 1.76. The molecule has 1 aliphatic rings. The number of hydrogen-bond donors (Lipinski definition) is 1. The largest absolute Gasteiger partial charge is 0.393 e. The van der Waals surface area contributed by atoms with Crippen molar-refractivity contribution in [1.82, 2.24) is 0 Å². The summed E-state index contributed by atoms with van der Waals surface area (Å²) in [4.78, 5) is 0. The summed E-state index contributed by atoms with van der Waals surface area (Å²) >= 11 is 0. The lowest BCUT2D eigenvalue weighted by molar-refractivity contribution is 0.0829. The molecule has 1 aliphatic carbocycles. The van der Waals surface area contributed by atoms with Crippen molar-refractivity contribution in [2.24, 2.45) is 5.41 Å². The van der Waals surface area contributed by atoms with Gasteiger partial charge >= 0.3 is 0 Å². The van der Waals surface area contributed by atoms with E-state index >= 15 is 0 Å². The molecular weight excluding hydrogens is 112 g/mol. The molecule has 1 N–H and O–H groups in total. The zero-order chi connectivity index (χ0) is 7.07. The van der Waals surface area contributed by atoms with Crippen molar-refractivity contribution >= 4 is 0 Å². The van der Waals surface area contributed by atoms with Crippen molar-refractivity contribution in [2.45, 2.75) is 39.7 Å². The molecule has 0 saturated heterocycles. The zero-order valence-corrected chi connectivity index (χ0v) is 6.44. The van der Waals surface area contributed by atoms with Crippen molar-refractivity contribution in [3.63, 3.8) is 0 Å². The zero-order valence-electron chi connectivity index (χ0n) is 6.44. The highest BCUT2D eigenvalue weighted by Gasteiger charge is 2.36. The highest BCUT2D eigenvalue weighted by molar-refractivity contribution is 5.11. The fourth-order valence-electron chi connectivity index (χ4n) is 1.12. The van der Waals surface area contributed by atoms with Gasteiger partial charge in [0.2, 0.25) is 0 Å². The maximum absolute atomic E-state index is 8.96. The standard InChI is InChI=1S/C8H15O/c1-8(2,3)6-4-7(9)5-6/h7,9H,4-5H2,1-3H3. The van der Waals surface area contributed by atoms with Gasteiger partial charge in [-0.3, -0.25) is 0 Å². The van der Waals surface area contributed by atoms with Gasteiger partial charge in [-0.05, 0) is 24.2 Å². The molecule has 1 rings (SSSR count). The Morgan fingerprint density at radius 2 is 1.78 bits per heavy atom. The molecule has 1 heteroatoms. The van der Waals surface area contributed by atoms with E-state index in [0.29, 0.717) is 5.41 Å². The molecule has 0 amide bonds. The van der Waals surface area contributed by atoms with Gasteiger partial charge in [0.15, 0.2) is 0 Å². The van der Waals surface area contributed by atoms with Gasteiger partial charge in [0.25, 0.3) is 0 Å². The molecule has 1 radical (unpaired) electrons. The average Bonchev–Trinajstić information content (AvgIpc) is 1.55. The fourth-order valence-corrected chi connectivity index (χ4v) is 1.12. The van der Waals surface area contributed by atoms with E-state index in [2.05, 4.69) is 20.8 Å². The van der Waals surface area contributed by atoms with Crippen LogP contribution in [0, 0.1) is 11.3 Å². The smallest absolute Gasteiger partial charge is 0.0551 e. The predicted molar refractivity (Wildman–Crippen MR) is 37.9 cm³/mol. The third-order valence-corrected chi connectivity index (χ3v) is 2.02. The van der Waals surface area contributed by atoms with Gasteiger partial charge in [0, 0.05) is 0 Å². The maximum Gasteiger partial charge on any atom is 0.0551 e. The molecule has 9 heavy (non-hydrogen) atoms. The van der Waals surface area contributed by atoms with E-state index in [0.717, 1.165) is 12.8 Å². The Kier molecular flexibility index (Phi) is 1.55. The molecule has 1 saturated carbocycles. The van der Waals surface area contributed by atoms with Crippen LogP contribution >= 0.6 is 0 Å². The molecule has 0 heterocycles. The lowest BCUT2D eigenvalue weighted by Gasteiger charge is -2.40. The summed E-state index contributed by atoms with van der Waals surface area (Å²) in [5.41, 5.74) is 0.333. The van der Waals surface area contributed by atoms with Crippen LogP contribution in [0.15, 0.2) is 0 Å². The van der Waals surface area contributed by atoms with Crippen LogP contribution in [0.1, 0.15) is 33.6 Å². The third-order valence-electron chi connectivity index (χ3n) is 2.02. The summed E-state index contributed by atoms with van der Waals surface area (Å²) in [6, 6.07) is 0. The molecule has 0 unspecified atom stereocenters. The number of aliphatic hydroxyl groups is 1. The first-order chi connectivity index (χ1) is 4.00. The average molecular weight is 127 g/mol. The minimum Gasteiger partial charge on any atom is -0.393 e. The van der Waals surface area contributed by atoms with Crippen LogP contribution in [0.3, 0.4) is 0 Å². The minimum atomic E-state index is -0.0285. The molecule has 0 aromatic rings. The SMILES string of the molecule is CC(C)(C)[C]1CC(O)C1. The fraction of sp³-hybridized carbons (Fsp3) is 0.875. The van der Waals surface area contributed by atoms with Crippen molar-refractivity contribution in [1.29, 1.82) is 0 Å². The van der Waals surface area contributed by atoms with Crippen molar-refractivity contribution < 1.29 is 5.11 Å². The lowest BCUT2D eigenvalue weighted by atomic mass is 9.67. The van der Waals surface area contributed by atoms with Crippen LogP contribution in [-0.4, -0.2) is 11.2 Å². The van der Waals surface area contributed by atoms with E-state index in [1.54, 1.807) is 0 Å². The Morgan fingerprint density at radius 1 is 1.33 bits per heavy atom. The van der Waals surface area contributed by atoms with Gasteiger partial charge in [0.05, 0.1) is 6.10 Å². The summed E-state index contributed by atoms with van der Waals surface area (Å²) in [7, 11) is 0. The van der Waals surface area contributed by atoms with E-state index in [1.165, 1.54) is 5.92 Å². The lowest BCUT2D eigenvalue weighted by Crippen LogP contribution is -2.35. The van der Waals surface area contributed by atoms with Crippen LogP contribution in [0.4, 0.5) is 0 Å². The Bertz CT molecular complexity index is 95.6. The molecule has 0 aromatic carbocycles. The van der Waals surface area contributed by atoms with E-state index < -0.39 is 0 Å². The van der Waals surface area contributed by atoms with E-state index in [-0.39, 0.29) is 6.10 Å². The first kappa shape index (κ1) is 7.07. The molecule has 1 fully saturated rings. The van der Waals surface area contributed by atoms with E-state index in [9.17, 15) is 0 Å². The van der Waals surface area contributed by atoms with Crippen LogP contribution in [-0.2, 0) is 0 Å². The Hall–Kier alpha value is -0.0400. The topological polar surface area (TPSA) is 20.2 Å². The summed E-state index contributed by atoms with van der Waals surface area (Å²) < 4.78 is 0. The van der Waals surface area contributed by atoms with E-state index in [4.69, 9.17) is 5.11 Å². The molecular formula is C8H15O. The quantitative estimate of drug-likeness (QED) is 0.525. The Morgan fingerprint density at radius 3 is 1.89 bits per heavy atom. The van der Waals surface area contributed by atoms with Gasteiger partial charge in [-0.15, -0.1) is 0 Å². The Balaban J connectivity index is 2.32. The van der Waals surface area contributed by atoms with Crippen LogP contribution in [0.25, 0.3) is 0 Å². The van der Waals surface area contributed by atoms with Gasteiger partial charge in [-0.2, -0.15) is 0 Å². The van der Waals surface area contributed by atoms with Crippen molar-refractivity contribution in [3.8, 4) is 0 Å². The molecule has 0 aromatic heterocycles. The number of hydrogen-bond acceptors (Lipinski definition) is 1. The monoisotopic (exact) mass is 127 g/mol. The van der Waals surface area contributed by atoms with Crippen molar-refractivity contribution in [2.75, 3.05) is 0 Å². The first-order valence-corrected chi connectivity index (χ1v) is 3.53. The molecule has 1 nitrogen and oxygen atoms in total. The second-order valence-electron chi connectivity index (χ2n) is 3.92. The van der Waals surface area contributed by atoms with Gasteiger partial charge in [-0.25, -0.2) is 0 Å². The number of rotatable bonds is 0. The van der Waals surface area contributed by atoms with E-state index in [1.807, 2.05) is 0 Å². The summed E-state index contributed by atoms with van der Waals surface area (Å²) in [6.45, 7) is 6.61. The highest BCUT2D eigenvalue weighted by atomic mass is 16.3. The molecule has 0 atom stereocenters. The van der Waals surface area contributed by atoms with Crippen LogP contribution in [0.5, 0.6) is 0 Å². The molecule has 0 bridgehead atoms. The van der Waals surface area contributed by atoms with Gasteiger partial charge in [-0.1, -0.05) is 20.8 Å². The minimum absolute atomic E-state index is 0.0285. The maximum atomic E-state index is 8.96. The highest BCUT2D eigenvalue weighted by Crippen LogP contribution is 2.43. The van der Waals surface area contributed by atoms with Gasteiger partial charge in [0.1, 0.15) is 0 Å². The van der Waals surface area contributed by atoms with Crippen molar-refractivity contribution in [3.05, 3.63) is 5.92 Å². The molecule has 53 valence electrons. The second kappa shape index (κ2) is 1.98. The summed E-state index contributed by atoms with van der Waals surface area (Å²) in [5, 5.41) is 8.96. The van der Waals surface area contributed by atoms with Crippen LogP contribution in [0.2, 0.25) is 0 Å². The normalized spacial score (nSPS) is 24.0. The first-order valence-electron chi connectivity index (χ1n) is 3.53. The second-order valence-corrected chi connectivity index (χ2v) is 3.92. The molecule has 0 spiro atoms. The van der Waals surface area contributed by atoms with Gasteiger partial charge < -0.3 is 5.11 Å². The molecule has 0 aliphatic heterocycles. The summed E-state index contributed by atoms with van der Waals surface area (Å²) in [6.07, 6.45) is 1.84. The summed E-state index contributed by atoms with van der Waals surface area (Å²) in [5.74, 6) is 1.51. The Labute approximate surface area is 57.1 Å². The van der Waals surface area contributed by atoms with Crippen LogP contribution < -0.4 is 0 Å².